The normalized spacial score (nSPS) is 15.3. The molecule has 1 aliphatic rings. The van der Waals surface area contributed by atoms with E-state index in [1.165, 1.54) is 0 Å². The van der Waals surface area contributed by atoms with Crippen molar-refractivity contribution in [3.8, 4) is 0 Å². The fraction of sp³-hybridized carbons (Fsp3) is 0.364. The molecule has 2 heterocycles. The van der Waals surface area contributed by atoms with Crippen LogP contribution in [0.1, 0.15) is 18.5 Å². The van der Waals surface area contributed by atoms with Crippen molar-refractivity contribution < 1.29 is 4.79 Å². The highest BCUT2D eigenvalue weighted by Gasteiger charge is 2.29. The van der Waals surface area contributed by atoms with E-state index in [1.54, 1.807) is 10.7 Å². The summed E-state index contributed by atoms with van der Waals surface area (Å²) in [7, 11) is 0. The van der Waals surface area contributed by atoms with E-state index in [0.717, 1.165) is 24.2 Å². The Labute approximate surface area is 92.5 Å². The van der Waals surface area contributed by atoms with Gasteiger partial charge in [0.25, 0.3) is 0 Å². The number of carbonyl (C=O) groups is 1. The van der Waals surface area contributed by atoms with Crippen molar-refractivity contribution >= 4 is 17.4 Å². The summed E-state index contributed by atoms with van der Waals surface area (Å²) in [6, 6.07) is 3.65. The van der Waals surface area contributed by atoms with E-state index in [-0.39, 0.29) is 11.8 Å². The van der Waals surface area contributed by atoms with E-state index >= 15 is 0 Å². The average molecular weight is 216 g/mol. The molecule has 0 bridgehead atoms. The number of carbonyl (C=O) groups excluding carboxylic acids is 1. The summed E-state index contributed by atoms with van der Waals surface area (Å²) in [5, 5.41) is 6.96. The molecule has 5 heteroatoms. The van der Waals surface area contributed by atoms with E-state index in [1.807, 2.05) is 19.1 Å². The molecule has 5 nitrogen and oxygen atoms in total. The third kappa shape index (κ3) is 1.54. The van der Waals surface area contributed by atoms with Crippen molar-refractivity contribution in [3.63, 3.8) is 0 Å². The molecule has 2 aromatic rings. The van der Waals surface area contributed by atoms with Gasteiger partial charge < -0.3 is 5.32 Å². The summed E-state index contributed by atoms with van der Waals surface area (Å²) in [5.41, 5.74) is 1.71. The van der Waals surface area contributed by atoms with E-state index in [0.29, 0.717) is 5.82 Å². The molecule has 3 rings (SSSR count). The van der Waals surface area contributed by atoms with Gasteiger partial charge in [-0.2, -0.15) is 5.10 Å². The number of amides is 1. The van der Waals surface area contributed by atoms with Crippen molar-refractivity contribution in [2.24, 2.45) is 5.92 Å². The van der Waals surface area contributed by atoms with Gasteiger partial charge in [0.2, 0.25) is 5.91 Å². The maximum atomic E-state index is 11.6. The van der Waals surface area contributed by atoms with Crippen LogP contribution in [0.2, 0.25) is 0 Å². The monoisotopic (exact) mass is 216 g/mol. The zero-order valence-corrected chi connectivity index (χ0v) is 8.97. The van der Waals surface area contributed by atoms with Crippen LogP contribution in [-0.4, -0.2) is 20.5 Å². The maximum absolute atomic E-state index is 11.6. The quantitative estimate of drug-likeness (QED) is 0.825. The van der Waals surface area contributed by atoms with Crippen LogP contribution in [0, 0.1) is 12.8 Å². The zero-order valence-electron chi connectivity index (χ0n) is 8.97. The minimum Gasteiger partial charge on any atom is -0.310 e. The SMILES string of the molecule is Cc1cc(NC(=O)C2CC2)nc2ccnn12. The minimum atomic E-state index is 0.0794. The smallest absolute Gasteiger partial charge is 0.228 e. The van der Waals surface area contributed by atoms with Crippen LogP contribution in [0.15, 0.2) is 18.3 Å². The first-order valence-corrected chi connectivity index (χ1v) is 5.36. The molecule has 0 atom stereocenters. The summed E-state index contributed by atoms with van der Waals surface area (Å²) in [5.74, 6) is 0.890. The van der Waals surface area contributed by atoms with Crippen molar-refractivity contribution in [3.05, 3.63) is 24.0 Å². The molecule has 0 unspecified atom stereocenters. The Hall–Kier alpha value is -1.91. The average Bonchev–Trinajstić information content (AvgIpc) is 2.98. The lowest BCUT2D eigenvalue weighted by molar-refractivity contribution is -0.117. The Bertz CT molecular complexity index is 556. The molecule has 1 fully saturated rings. The Morgan fingerprint density at radius 2 is 2.38 bits per heavy atom. The van der Waals surface area contributed by atoms with Crippen LogP contribution in [0.3, 0.4) is 0 Å². The topological polar surface area (TPSA) is 59.3 Å². The first-order valence-electron chi connectivity index (χ1n) is 5.36. The summed E-state index contributed by atoms with van der Waals surface area (Å²) in [4.78, 5) is 15.9. The zero-order chi connectivity index (χ0) is 11.1. The second-order valence-electron chi connectivity index (χ2n) is 4.15. The van der Waals surface area contributed by atoms with Gasteiger partial charge in [0.1, 0.15) is 5.82 Å². The summed E-state index contributed by atoms with van der Waals surface area (Å²) >= 11 is 0. The highest BCUT2D eigenvalue weighted by molar-refractivity contribution is 5.93. The minimum absolute atomic E-state index is 0.0794. The van der Waals surface area contributed by atoms with Gasteiger partial charge in [0.15, 0.2) is 5.65 Å². The predicted octanol–water partition coefficient (Wildman–Crippen LogP) is 1.39. The third-order valence-electron chi connectivity index (χ3n) is 2.74. The number of fused-ring (bicyclic) bond motifs is 1. The van der Waals surface area contributed by atoms with Crippen molar-refractivity contribution in [2.45, 2.75) is 19.8 Å². The molecule has 1 saturated carbocycles. The van der Waals surface area contributed by atoms with Gasteiger partial charge in [-0.15, -0.1) is 0 Å². The van der Waals surface area contributed by atoms with Gasteiger partial charge >= 0.3 is 0 Å². The molecular weight excluding hydrogens is 204 g/mol. The second-order valence-corrected chi connectivity index (χ2v) is 4.15. The first kappa shape index (κ1) is 9.33. The molecule has 2 aromatic heterocycles. The lowest BCUT2D eigenvalue weighted by Gasteiger charge is -2.05. The van der Waals surface area contributed by atoms with Crippen molar-refractivity contribution in [2.75, 3.05) is 5.32 Å². The van der Waals surface area contributed by atoms with Gasteiger partial charge in [0, 0.05) is 23.7 Å². The Balaban J connectivity index is 1.94. The Morgan fingerprint density at radius 3 is 3.12 bits per heavy atom. The number of nitrogens with one attached hydrogen (secondary N) is 1. The molecule has 0 aliphatic heterocycles. The van der Waals surface area contributed by atoms with Crippen LogP contribution in [-0.2, 0) is 4.79 Å². The maximum Gasteiger partial charge on any atom is 0.228 e. The number of aromatic nitrogens is 3. The van der Waals surface area contributed by atoms with Crippen LogP contribution in [0.4, 0.5) is 5.82 Å². The summed E-state index contributed by atoms with van der Waals surface area (Å²) in [6.45, 7) is 1.94. The van der Waals surface area contributed by atoms with Crippen LogP contribution in [0.5, 0.6) is 0 Å². The van der Waals surface area contributed by atoms with E-state index in [9.17, 15) is 4.79 Å². The van der Waals surface area contributed by atoms with Crippen LogP contribution >= 0.6 is 0 Å². The molecule has 0 spiro atoms. The number of hydrogen-bond acceptors (Lipinski definition) is 3. The van der Waals surface area contributed by atoms with Gasteiger partial charge in [0.05, 0.1) is 6.20 Å². The van der Waals surface area contributed by atoms with Crippen LogP contribution < -0.4 is 5.32 Å². The highest BCUT2D eigenvalue weighted by atomic mass is 16.2. The first-order chi connectivity index (χ1) is 7.74. The molecule has 16 heavy (non-hydrogen) atoms. The van der Waals surface area contributed by atoms with Gasteiger partial charge in [-0.1, -0.05) is 0 Å². The highest BCUT2D eigenvalue weighted by Crippen LogP contribution is 2.30. The predicted molar refractivity (Wildman–Crippen MR) is 59.1 cm³/mol. The lowest BCUT2D eigenvalue weighted by Crippen LogP contribution is -2.15. The Kier molecular flexibility index (Phi) is 1.92. The molecule has 0 saturated heterocycles. The lowest BCUT2D eigenvalue weighted by atomic mass is 10.3. The fourth-order valence-electron chi connectivity index (χ4n) is 1.71. The van der Waals surface area contributed by atoms with E-state index in [2.05, 4.69) is 15.4 Å². The number of hydrogen-bond donors (Lipinski definition) is 1. The molecule has 1 N–H and O–H groups in total. The Morgan fingerprint density at radius 1 is 1.56 bits per heavy atom. The standard InChI is InChI=1S/C11H12N4O/c1-7-6-9(14-11(16)8-2-3-8)13-10-4-5-12-15(7)10/h4-6,8H,2-3H2,1H3,(H,13,14,16). The molecule has 1 aliphatic carbocycles. The number of anilines is 1. The van der Waals surface area contributed by atoms with Gasteiger partial charge in [-0.3, -0.25) is 4.79 Å². The number of nitrogens with zero attached hydrogens (tertiary/aromatic N) is 3. The number of rotatable bonds is 2. The largest absolute Gasteiger partial charge is 0.310 e. The van der Waals surface area contributed by atoms with Crippen molar-refractivity contribution in [1.82, 2.24) is 14.6 Å². The van der Waals surface area contributed by atoms with Gasteiger partial charge in [-0.05, 0) is 19.8 Å². The van der Waals surface area contributed by atoms with Crippen molar-refractivity contribution in [1.29, 1.82) is 0 Å². The van der Waals surface area contributed by atoms with Crippen LogP contribution in [0.25, 0.3) is 5.65 Å². The molecule has 1 amide bonds. The fourth-order valence-corrected chi connectivity index (χ4v) is 1.71. The third-order valence-corrected chi connectivity index (χ3v) is 2.74. The van der Waals surface area contributed by atoms with E-state index in [4.69, 9.17) is 0 Å². The molecule has 0 aromatic carbocycles. The molecule has 82 valence electrons. The molecular formula is C11H12N4O. The summed E-state index contributed by atoms with van der Waals surface area (Å²) < 4.78 is 1.74. The number of aryl methyl sites for hydroxylation is 1. The van der Waals surface area contributed by atoms with E-state index < -0.39 is 0 Å². The summed E-state index contributed by atoms with van der Waals surface area (Å²) in [6.07, 6.45) is 3.70. The molecule has 0 radical (unpaired) electrons. The van der Waals surface area contributed by atoms with Gasteiger partial charge in [-0.25, -0.2) is 9.50 Å². The second kappa shape index (κ2) is 3.30.